The van der Waals surface area contributed by atoms with Gasteiger partial charge in [0.2, 0.25) is 0 Å². The normalized spacial score (nSPS) is 18.4. The van der Waals surface area contributed by atoms with Crippen molar-refractivity contribution in [3.05, 3.63) is 35.4 Å². The number of benzene rings is 1. The average Bonchev–Trinajstić information content (AvgIpc) is 3.09. The molecule has 4 nitrogen and oxygen atoms in total. The maximum Gasteiger partial charge on any atom is 0.191 e. The monoisotopic (exact) mass is 363 g/mol. The van der Waals surface area contributed by atoms with Crippen molar-refractivity contribution in [1.29, 1.82) is 0 Å². The first-order valence-electron chi connectivity index (χ1n) is 9.32. The van der Waals surface area contributed by atoms with E-state index in [-0.39, 0.29) is 5.60 Å². The molecule has 25 heavy (non-hydrogen) atoms. The Morgan fingerprint density at radius 3 is 2.76 bits per heavy atom. The predicted molar refractivity (Wildman–Crippen MR) is 109 cm³/mol. The Bertz CT molecular complexity index is 548. The minimum atomic E-state index is -0.117. The van der Waals surface area contributed by atoms with Crippen LogP contribution in [0.3, 0.4) is 0 Å². The lowest BCUT2D eigenvalue weighted by Gasteiger charge is -2.19. The molecular weight excluding hydrogens is 330 g/mol. The van der Waals surface area contributed by atoms with Gasteiger partial charge in [0.15, 0.2) is 5.96 Å². The summed E-state index contributed by atoms with van der Waals surface area (Å²) in [5, 5.41) is 7.55. The number of thioether (sulfide) groups is 1. The van der Waals surface area contributed by atoms with Crippen LogP contribution in [0.5, 0.6) is 0 Å². The van der Waals surface area contributed by atoms with Crippen LogP contribution in [0.4, 0.5) is 0 Å². The standard InChI is InChI=1S/C20H33N3OS/c1-5-21-19(23-14-18-10-7-11-25-18)22-13-16-8-6-9-17(12-16)15-24-20(2,3)4/h6,8-9,12,18H,5,7,10-11,13-15H2,1-4H3,(H2,21,22,23). The molecular formula is C20H33N3OS. The number of guanidine groups is 1. The van der Waals surface area contributed by atoms with E-state index in [1.54, 1.807) is 0 Å². The van der Waals surface area contributed by atoms with Crippen LogP contribution in [0.15, 0.2) is 29.3 Å². The van der Waals surface area contributed by atoms with E-state index in [2.05, 4.69) is 74.4 Å². The molecule has 0 aromatic heterocycles. The molecule has 0 saturated carbocycles. The summed E-state index contributed by atoms with van der Waals surface area (Å²) in [5.41, 5.74) is 2.29. The topological polar surface area (TPSA) is 45.7 Å². The third-order valence-corrected chi connectivity index (χ3v) is 5.35. The van der Waals surface area contributed by atoms with E-state index in [1.807, 2.05) is 0 Å². The van der Waals surface area contributed by atoms with E-state index in [9.17, 15) is 0 Å². The Balaban J connectivity index is 1.89. The second-order valence-electron chi connectivity index (χ2n) is 7.43. The summed E-state index contributed by atoms with van der Waals surface area (Å²) in [6.45, 7) is 11.5. The van der Waals surface area contributed by atoms with Gasteiger partial charge >= 0.3 is 0 Å². The molecule has 1 fully saturated rings. The van der Waals surface area contributed by atoms with Gasteiger partial charge in [0.1, 0.15) is 0 Å². The van der Waals surface area contributed by atoms with Crippen molar-refractivity contribution in [2.24, 2.45) is 4.99 Å². The van der Waals surface area contributed by atoms with Gasteiger partial charge < -0.3 is 15.4 Å². The summed E-state index contributed by atoms with van der Waals surface area (Å²) in [7, 11) is 0. The van der Waals surface area contributed by atoms with Crippen molar-refractivity contribution in [2.75, 3.05) is 18.8 Å². The van der Waals surface area contributed by atoms with E-state index >= 15 is 0 Å². The number of hydrogen-bond donors (Lipinski definition) is 2. The zero-order valence-electron chi connectivity index (χ0n) is 16.1. The molecule has 1 saturated heterocycles. The third-order valence-electron chi connectivity index (χ3n) is 3.95. The number of hydrogen-bond acceptors (Lipinski definition) is 3. The van der Waals surface area contributed by atoms with Gasteiger partial charge in [-0.15, -0.1) is 0 Å². The van der Waals surface area contributed by atoms with Gasteiger partial charge in [0.25, 0.3) is 0 Å². The van der Waals surface area contributed by atoms with E-state index in [4.69, 9.17) is 9.73 Å². The third kappa shape index (κ3) is 8.15. The van der Waals surface area contributed by atoms with Gasteiger partial charge in [0, 0.05) is 18.3 Å². The molecule has 1 heterocycles. The summed E-state index contributed by atoms with van der Waals surface area (Å²) in [5.74, 6) is 2.20. The van der Waals surface area contributed by atoms with Crippen molar-refractivity contribution >= 4 is 17.7 Å². The first-order chi connectivity index (χ1) is 12.0. The zero-order chi connectivity index (χ0) is 18.1. The SMILES string of the molecule is CCNC(=NCc1cccc(COC(C)(C)C)c1)NCC1CCCS1. The molecule has 1 aromatic rings. The number of aliphatic imine (C=N–C) groups is 1. The minimum Gasteiger partial charge on any atom is -0.371 e. The van der Waals surface area contributed by atoms with Gasteiger partial charge in [-0.2, -0.15) is 11.8 Å². The first-order valence-corrected chi connectivity index (χ1v) is 10.4. The molecule has 1 aliphatic rings. The summed E-state index contributed by atoms with van der Waals surface area (Å²) >= 11 is 2.07. The lowest BCUT2D eigenvalue weighted by molar-refractivity contribution is -0.0149. The first kappa shape index (κ1) is 20.1. The van der Waals surface area contributed by atoms with Crippen LogP contribution in [0.1, 0.15) is 51.7 Å². The van der Waals surface area contributed by atoms with Crippen LogP contribution >= 0.6 is 11.8 Å². The fraction of sp³-hybridized carbons (Fsp3) is 0.650. The van der Waals surface area contributed by atoms with Gasteiger partial charge in [-0.05, 0) is 57.4 Å². The van der Waals surface area contributed by atoms with Crippen molar-refractivity contribution in [3.8, 4) is 0 Å². The summed E-state index contributed by atoms with van der Waals surface area (Å²) in [6, 6.07) is 8.51. The molecule has 0 bridgehead atoms. The molecule has 5 heteroatoms. The van der Waals surface area contributed by atoms with E-state index in [0.717, 1.165) is 24.3 Å². The van der Waals surface area contributed by atoms with Crippen LogP contribution in [-0.4, -0.2) is 35.7 Å². The summed E-state index contributed by atoms with van der Waals surface area (Å²) in [6.07, 6.45) is 2.65. The molecule has 1 aliphatic heterocycles. The second kappa shape index (κ2) is 10.1. The highest BCUT2D eigenvalue weighted by atomic mass is 32.2. The second-order valence-corrected chi connectivity index (χ2v) is 8.84. The summed E-state index contributed by atoms with van der Waals surface area (Å²) < 4.78 is 5.87. The van der Waals surface area contributed by atoms with E-state index in [0.29, 0.717) is 13.2 Å². The molecule has 140 valence electrons. The highest BCUT2D eigenvalue weighted by Gasteiger charge is 2.15. The number of nitrogens with one attached hydrogen (secondary N) is 2. The van der Waals surface area contributed by atoms with Crippen LogP contribution < -0.4 is 10.6 Å². The average molecular weight is 364 g/mol. The maximum atomic E-state index is 5.87. The highest BCUT2D eigenvalue weighted by Crippen LogP contribution is 2.25. The van der Waals surface area contributed by atoms with Crippen LogP contribution in [0.2, 0.25) is 0 Å². The summed E-state index contributed by atoms with van der Waals surface area (Å²) in [4.78, 5) is 4.74. The number of ether oxygens (including phenoxy) is 1. The molecule has 0 radical (unpaired) electrons. The lowest BCUT2D eigenvalue weighted by atomic mass is 10.1. The molecule has 0 amide bonds. The van der Waals surface area contributed by atoms with Gasteiger partial charge in [-0.1, -0.05) is 24.3 Å². The molecule has 2 N–H and O–H groups in total. The van der Waals surface area contributed by atoms with Crippen LogP contribution in [-0.2, 0) is 17.9 Å². The smallest absolute Gasteiger partial charge is 0.191 e. The Morgan fingerprint density at radius 2 is 2.08 bits per heavy atom. The zero-order valence-corrected chi connectivity index (χ0v) is 16.9. The molecule has 0 aliphatic carbocycles. The van der Waals surface area contributed by atoms with Crippen LogP contribution in [0, 0.1) is 0 Å². The van der Waals surface area contributed by atoms with E-state index < -0.39 is 0 Å². The Labute approximate surface area is 157 Å². The molecule has 1 atom stereocenters. The lowest BCUT2D eigenvalue weighted by Crippen LogP contribution is -2.40. The fourth-order valence-electron chi connectivity index (χ4n) is 2.65. The van der Waals surface area contributed by atoms with Crippen molar-refractivity contribution in [1.82, 2.24) is 10.6 Å². The largest absolute Gasteiger partial charge is 0.371 e. The van der Waals surface area contributed by atoms with Gasteiger partial charge in [-0.3, -0.25) is 0 Å². The quantitative estimate of drug-likeness (QED) is 0.569. The molecule has 0 spiro atoms. The Kier molecular flexibility index (Phi) is 8.10. The Hall–Kier alpha value is -1.20. The predicted octanol–water partition coefficient (Wildman–Crippen LogP) is 3.95. The van der Waals surface area contributed by atoms with Gasteiger partial charge in [0.05, 0.1) is 18.8 Å². The molecule has 1 unspecified atom stereocenters. The van der Waals surface area contributed by atoms with Gasteiger partial charge in [-0.25, -0.2) is 4.99 Å². The maximum absolute atomic E-state index is 5.87. The van der Waals surface area contributed by atoms with Crippen molar-refractivity contribution < 1.29 is 4.74 Å². The van der Waals surface area contributed by atoms with Crippen molar-refractivity contribution in [3.63, 3.8) is 0 Å². The van der Waals surface area contributed by atoms with Crippen molar-refractivity contribution in [2.45, 2.75) is 64.5 Å². The highest BCUT2D eigenvalue weighted by molar-refractivity contribution is 8.00. The number of rotatable bonds is 7. The number of nitrogens with zero attached hydrogens (tertiary/aromatic N) is 1. The minimum absolute atomic E-state index is 0.117. The molecule has 2 rings (SSSR count). The van der Waals surface area contributed by atoms with E-state index in [1.165, 1.54) is 29.7 Å². The Morgan fingerprint density at radius 1 is 1.28 bits per heavy atom. The van der Waals surface area contributed by atoms with Crippen LogP contribution in [0.25, 0.3) is 0 Å². The molecule has 1 aromatic carbocycles. The fourth-order valence-corrected chi connectivity index (χ4v) is 3.85.